The minimum atomic E-state index is -2.94. The molecular weight excluding hydrogens is 488 g/mol. The van der Waals surface area contributed by atoms with E-state index < -0.39 is 9.84 Å². The Morgan fingerprint density at radius 2 is 1.89 bits per heavy atom. The minimum Gasteiger partial charge on any atom is -0.341 e. The first-order valence-electron chi connectivity index (χ1n) is 11.6. The molecule has 0 spiro atoms. The third-order valence-corrected chi connectivity index (χ3v) is 9.09. The third kappa shape index (κ3) is 4.16. The molecule has 12 heteroatoms. The van der Waals surface area contributed by atoms with E-state index in [-0.39, 0.29) is 23.5 Å². The average molecular weight is 511 g/mol. The Hall–Kier alpha value is -3.07. The van der Waals surface area contributed by atoms with Crippen molar-refractivity contribution < 1.29 is 8.42 Å². The van der Waals surface area contributed by atoms with Crippen molar-refractivity contribution in [2.75, 3.05) is 29.5 Å². The third-order valence-electron chi connectivity index (χ3n) is 7.06. The number of sulfone groups is 1. The molecule has 35 heavy (non-hydrogen) atoms. The fourth-order valence-electron chi connectivity index (χ4n) is 5.22. The maximum absolute atomic E-state index is 11.8. The van der Waals surface area contributed by atoms with Gasteiger partial charge < -0.3 is 4.90 Å². The van der Waals surface area contributed by atoms with Crippen LogP contribution in [0.3, 0.4) is 0 Å². The van der Waals surface area contributed by atoms with E-state index in [0.29, 0.717) is 29.8 Å². The highest BCUT2D eigenvalue weighted by Gasteiger charge is 2.40. The van der Waals surface area contributed by atoms with Crippen molar-refractivity contribution in [2.45, 2.75) is 37.9 Å². The molecule has 3 aromatic rings. The van der Waals surface area contributed by atoms with Gasteiger partial charge in [0.05, 0.1) is 23.7 Å². The lowest BCUT2D eigenvalue weighted by molar-refractivity contribution is 0.193. The first kappa shape index (κ1) is 22.4. The highest BCUT2D eigenvalue weighted by molar-refractivity contribution is 7.92. The standard InChI is InChI=1S/C23H23ClN8O2S/c24-17-1-2-20-16(9-17)11-31(19-13-35(33,34)14-19)12-21-28-29-22(32(20)21)15-4-7-30(8-5-15)23-26-6-3-18(10-25)27-23/h1-3,6,9,15,19H,4-5,7-8,11-14H2. The Balaban J connectivity index is 1.29. The van der Waals surface area contributed by atoms with E-state index >= 15 is 0 Å². The van der Waals surface area contributed by atoms with Crippen LogP contribution < -0.4 is 4.90 Å². The normalized spacial score (nSPS) is 20.4. The lowest BCUT2D eigenvalue weighted by Gasteiger charge is -2.35. The van der Waals surface area contributed by atoms with E-state index in [1.54, 1.807) is 12.3 Å². The molecule has 5 heterocycles. The van der Waals surface area contributed by atoms with Gasteiger partial charge in [-0.3, -0.25) is 9.47 Å². The predicted octanol–water partition coefficient (Wildman–Crippen LogP) is 2.08. The first-order valence-corrected chi connectivity index (χ1v) is 13.8. The van der Waals surface area contributed by atoms with Crippen LogP contribution >= 0.6 is 11.6 Å². The number of piperidine rings is 1. The fraction of sp³-hybridized carbons (Fsp3) is 0.435. The van der Waals surface area contributed by atoms with Gasteiger partial charge in [0.15, 0.2) is 15.7 Å². The van der Waals surface area contributed by atoms with Gasteiger partial charge in [-0.2, -0.15) is 5.26 Å². The van der Waals surface area contributed by atoms with Gasteiger partial charge in [-0.1, -0.05) is 11.6 Å². The number of nitrogens with zero attached hydrogens (tertiary/aromatic N) is 8. The summed E-state index contributed by atoms with van der Waals surface area (Å²) in [5, 5.41) is 19.0. The number of fused-ring (bicyclic) bond motifs is 3. The van der Waals surface area contributed by atoms with Gasteiger partial charge in [-0.25, -0.2) is 18.4 Å². The summed E-state index contributed by atoms with van der Waals surface area (Å²) >= 11 is 6.34. The molecule has 1 aromatic carbocycles. The molecule has 2 aromatic heterocycles. The quantitative estimate of drug-likeness (QED) is 0.521. The van der Waals surface area contributed by atoms with Crippen molar-refractivity contribution in [2.24, 2.45) is 0 Å². The minimum absolute atomic E-state index is 0.0223. The Morgan fingerprint density at radius 3 is 2.63 bits per heavy atom. The molecule has 2 saturated heterocycles. The highest BCUT2D eigenvalue weighted by Crippen LogP contribution is 2.35. The van der Waals surface area contributed by atoms with Crippen molar-refractivity contribution in [3.05, 3.63) is 58.4 Å². The molecule has 0 aliphatic carbocycles. The van der Waals surface area contributed by atoms with Crippen molar-refractivity contribution in [1.29, 1.82) is 5.26 Å². The van der Waals surface area contributed by atoms with E-state index in [0.717, 1.165) is 48.8 Å². The monoisotopic (exact) mass is 510 g/mol. The zero-order valence-electron chi connectivity index (χ0n) is 18.9. The van der Waals surface area contributed by atoms with Gasteiger partial charge in [0.1, 0.15) is 17.6 Å². The molecule has 3 aliphatic heterocycles. The van der Waals surface area contributed by atoms with E-state index in [1.807, 2.05) is 18.2 Å². The van der Waals surface area contributed by atoms with Gasteiger partial charge >= 0.3 is 0 Å². The molecule has 0 saturated carbocycles. The SMILES string of the molecule is N#Cc1ccnc(N2CCC(c3nnc4n3-c3ccc(Cl)cc3CN(C3CS(=O)(=O)C3)C4)CC2)n1. The topological polar surface area (TPSA) is 121 Å². The van der Waals surface area contributed by atoms with E-state index in [4.69, 9.17) is 16.9 Å². The summed E-state index contributed by atoms with van der Waals surface area (Å²) < 4.78 is 25.8. The fourth-order valence-corrected chi connectivity index (χ4v) is 6.91. The number of hydrogen-bond acceptors (Lipinski definition) is 9. The number of anilines is 1. The average Bonchev–Trinajstić information content (AvgIpc) is 3.18. The van der Waals surface area contributed by atoms with Gasteiger partial charge in [0, 0.05) is 42.8 Å². The Bertz CT molecular complexity index is 1430. The highest BCUT2D eigenvalue weighted by atomic mass is 35.5. The number of hydrogen-bond donors (Lipinski definition) is 0. The molecule has 0 N–H and O–H groups in total. The first-order chi connectivity index (χ1) is 16.9. The van der Waals surface area contributed by atoms with Crippen LogP contribution in [0.15, 0.2) is 30.5 Å². The van der Waals surface area contributed by atoms with Crippen molar-refractivity contribution in [3.8, 4) is 11.8 Å². The maximum atomic E-state index is 11.8. The van der Waals surface area contributed by atoms with Gasteiger partial charge in [-0.15, -0.1) is 10.2 Å². The molecule has 180 valence electrons. The second kappa shape index (κ2) is 8.55. The van der Waals surface area contributed by atoms with Crippen LogP contribution in [-0.2, 0) is 22.9 Å². The number of halogens is 1. The van der Waals surface area contributed by atoms with Crippen LogP contribution in [0.1, 0.15) is 41.7 Å². The Labute approximate surface area is 208 Å². The van der Waals surface area contributed by atoms with Crippen LogP contribution in [-0.4, -0.2) is 68.7 Å². The van der Waals surface area contributed by atoms with Crippen molar-refractivity contribution >= 4 is 27.4 Å². The summed E-state index contributed by atoms with van der Waals surface area (Å²) in [4.78, 5) is 12.9. The zero-order chi connectivity index (χ0) is 24.2. The van der Waals surface area contributed by atoms with E-state index in [2.05, 4.69) is 40.6 Å². The predicted molar refractivity (Wildman–Crippen MR) is 129 cm³/mol. The van der Waals surface area contributed by atoms with E-state index in [1.165, 1.54) is 0 Å². The number of rotatable bonds is 3. The molecule has 10 nitrogen and oxygen atoms in total. The van der Waals surface area contributed by atoms with Crippen molar-refractivity contribution in [1.82, 2.24) is 29.6 Å². The smallest absolute Gasteiger partial charge is 0.226 e. The summed E-state index contributed by atoms with van der Waals surface area (Å²) in [6.45, 7) is 2.65. The van der Waals surface area contributed by atoms with Gasteiger partial charge in [0.25, 0.3) is 0 Å². The molecular formula is C23H23ClN8O2S. The molecule has 3 aliphatic rings. The summed E-state index contributed by atoms with van der Waals surface area (Å²) in [6.07, 6.45) is 3.32. The second-order valence-corrected chi connectivity index (χ2v) is 11.9. The van der Waals surface area contributed by atoms with Crippen LogP contribution in [0.4, 0.5) is 5.95 Å². The molecule has 0 atom stereocenters. The summed E-state index contributed by atoms with van der Waals surface area (Å²) in [5.41, 5.74) is 2.40. The molecule has 0 bridgehead atoms. The molecule has 0 radical (unpaired) electrons. The molecule has 2 fully saturated rings. The van der Waals surface area contributed by atoms with Crippen LogP contribution in [0.2, 0.25) is 5.02 Å². The Morgan fingerprint density at radius 1 is 1.09 bits per heavy atom. The summed E-state index contributed by atoms with van der Waals surface area (Å²) in [6, 6.07) is 9.49. The summed E-state index contributed by atoms with van der Waals surface area (Å²) in [5.74, 6) is 2.87. The largest absolute Gasteiger partial charge is 0.341 e. The molecule has 0 amide bonds. The molecule has 0 unspecified atom stereocenters. The van der Waals surface area contributed by atoms with Crippen LogP contribution in [0.5, 0.6) is 0 Å². The maximum Gasteiger partial charge on any atom is 0.226 e. The lowest BCUT2D eigenvalue weighted by atomic mass is 9.95. The summed E-state index contributed by atoms with van der Waals surface area (Å²) in [7, 11) is -2.94. The lowest BCUT2D eigenvalue weighted by Crippen LogP contribution is -2.52. The van der Waals surface area contributed by atoms with Crippen molar-refractivity contribution in [3.63, 3.8) is 0 Å². The van der Waals surface area contributed by atoms with E-state index in [9.17, 15) is 8.42 Å². The molecule has 6 rings (SSSR count). The van der Waals surface area contributed by atoms with Crippen LogP contribution in [0.25, 0.3) is 5.69 Å². The number of aromatic nitrogens is 5. The number of nitriles is 1. The second-order valence-electron chi connectivity index (χ2n) is 9.33. The Kier molecular flexibility index (Phi) is 5.47. The van der Waals surface area contributed by atoms with Gasteiger partial charge in [-0.05, 0) is 42.7 Å². The number of benzene rings is 1. The van der Waals surface area contributed by atoms with Gasteiger partial charge in [0.2, 0.25) is 5.95 Å². The van der Waals surface area contributed by atoms with Crippen LogP contribution in [0, 0.1) is 11.3 Å². The zero-order valence-corrected chi connectivity index (χ0v) is 20.5.